The van der Waals surface area contributed by atoms with Crippen molar-refractivity contribution in [1.82, 2.24) is 0 Å². The van der Waals surface area contributed by atoms with Crippen LogP contribution < -0.4 is 14.4 Å². The molecule has 3 rings (SSSR count). The summed E-state index contributed by atoms with van der Waals surface area (Å²) >= 11 is 0. The van der Waals surface area contributed by atoms with Gasteiger partial charge < -0.3 is 10.1 Å². The zero-order valence-corrected chi connectivity index (χ0v) is 14.8. The van der Waals surface area contributed by atoms with E-state index in [1.165, 1.54) is 24.3 Å². The number of anilines is 2. The van der Waals surface area contributed by atoms with E-state index < -0.39 is 39.5 Å². The number of benzene rings is 2. The van der Waals surface area contributed by atoms with Crippen LogP contribution in [0.4, 0.5) is 24.5 Å². The van der Waals surface area contributed by atoms with Gasteiger partial charge in [-0.05, 0) is 24.3 Å². The molecule has 0 bridgehead atoms. The predicted molar refractivity (Wildman–Crippen MR) is 93.1 cm³/mol. The number of ether oxygens (including phenoxy) is 1. The maximum Gasteiger partial charge on any atom is 0.418 e. The lowest BCUT2D eigenvalue weighted by Gasteiger charge is -2.34. The summed E-state index contributed by atoms with van der Waals surface area (Å²) in [6.45, 7) is -0.351. The fraction of sp³-hybridized carbons (Fsp3) is 0.235. The molecule has 0 saturated carbocycles. The molecule has 0 aliphatic carbocycles. The van der Waals surface area contributed by atoms with Gasteiger partial charge >= 0.3 is 6.18 Å². The predicted octanol–water partition coefficient (Wildman–Crippen LogP) is 2.87. The number of carbonyl (C=O) groups is 1. The molecule has 0 spiro atoms. The van der Waals surface area contributed by atoms with E-state index in [9.17, 15) is 26.4 Å². The number of nitrogens with zero attached hydrogens (tertiary/aromatic N) is 1. The highest BCUT2D eigenvalue weighted by Crippen LogP contribution is 2.36. The molecule has 2 aromatic carbocycles. The molecule has 0 aromatic heterocycles. The maximum atomic E-state index is 13.1. The number of hydrogen-bond donors (Lipinski definition) is 1. The molecular formula is C17H15F3N2O4S. The summed E-state index contributed by atoms with van der Waals surface area (Å²) in [6.07, 6.45) is -4.98. The smallest absolute Gasteiger partial charge is 0.418 e. The molecule has 10 heteroatoms. The van der Waals surface area contributed by atoms with E-state index in [-0.39, 0.29) is 18.0 Å². The summed E-state index contributed by atoms with van der Waals surface area (Å²) in [5.41, 5.74) is -1.17. The Labute approximate surface area is 153 Å². The molecular weight excluding hydrogens is 385 g/mol. The molecule has 1 aliphatic rings. The number of fused-ring (bicyclic) bond motifs is 1. The zero-order chi connectivity index (χ0) is 19.8. The quantitative estimate of drug-likeness (QED) is 0.860. The van der Waals surface area contributed by atoms with Crippen molar-refractivity contribution in [3.05, 3.63) is 54.1 Å². The Bertz CT molecular complexity index is 976. The van der Waals surface area contributed by atoms with Crippen LogP contribution in [0.5, 0.6) is 5.75 Å². The number of alkyl halides is 3. The highest BCUT2D eigenvalue weighted by Gasteiger charge is 2.37. The first kappa shape index (κ1) is 19.0. The van der Waals surface area contributed by atoms with Gasteiger partial charge in [0, 0.05) is 0 Å². The molecule has 6 nitrogen and oxygen atoms in total. The normalized spacial score (nSPS) is 17.0. The van der Waals surface area contributed by atoms with Crippen LogP contribution in [0.1, 0.15) is 5.56 Å². The Kier molecular flexibility index (Phi) is 4.77. The van der Waals surface area contributed by atoms with Gasteiger partial charge in [0.2, 0.25) is 10.0 Å². The van der Waals surface area contributed by atoms with Gasteiger partial charge in [-0.1, -0.05) is 24.3 Å². The monoisotopic (exact) mass is 400 g/mol. The van der Waals surface area contributed by atoms with Crippen molar-refractivity contribution in [2.45, 2.75) is 12.3 Å². The maximum absolute atomic E-state index is 13.1. The Morgan fingerprint density at radius 1 is 1.15 bits per heavy atom. The number of nitrogens with one attached hydrogen (secondary N) is 1. The first-order valence-corrected chi connectivity index (χ1v) is 9.62. The number of rotatable bonds is 3. The second-order valence-corrected chi connectivity index (χ2v) is 7.81. The molecule has 27 heavy (non-hydrogen) atoms. The lowest BCUT2D eigenvalue weighted by Crippen LogP contribution is -2.48. The van der Waals surface area contributed by atoms with Crippen molar-refractivity contribution in [2.24, 2.45) is 0 Å². The Morgan fingerprint density at radius 2 is 1.78 bits per heavy atom. The van der Waals surface area contributed by atoms with E-state index in [1.807, 2.05) is 0 Å². The van der Waals surface area contributed by atoms with Crippen molar-refractivity contribution in [3.8, 4) is 5.75 Å². The molecule has 0 saturated heterocycles. The number of halogens is 3. The summed E-state index contributed by atoms with van der Waals surface area (Å²) in [5, 5.41) is 2.18. The van der Waals surface area contributed by atoms with Gasteiger partial charge in [-0.25, -0.2) is 8.42 Å². The zero-order valence-electron chi connectivity index (χ0n) is 14.0. The van der Waals surface area contributed by atoms with Crippen LogP contribution in [-0.2, 0) is 21.0 Å². The molecule has 0 unspecified atom stereocenters. The molecule has 1 heterocycles. The van der Waals surface area contributed by atoms with Crippen LogP contribution in [0.3, 0.4) is 0 Å². The summed E-state index contributed by atoms with van der Waals surface area (Å²) < 4.78 is 69.9. The van der Waals surface area contributed by atoms with Crippen LogP contribution in [0.25, 0.3) is 0 Å². The second-order valence-electron chi connectivity index (χ2n) is 5.90. The van der Waals surface area contributed by atoms with Crippen LogP contribution in [0.2, 0.25) is 0 Å². The van der Waals surface area contributed by atoms with Gasteiger partial charge in [0.15, 0.2) is 6.10 Å². The molecule has 144 valence electrons. The topological polar surface area (TPSA) is 75.7 Å². The minimum absolute atomic E-state index is 0.151. The summed E-state index contributed by atoms with van der Waals surface area (Å²) in [4.78, 5) is 12.5. The van der Waals surface area contributed by atoms with E-state index in [4.69, 9.17) is 4.74 Å². The van der Waals surface area contributed by atoms with E-state index in [2.05, 4.69) is 5.32 Å². The largest absolute Gasteiger partial charge is 0.476 e. The Morgan fingerprint density at radius 3 is 2.44 bits per heavy atom. The van der Waals surface area contributed by atoms with Crippen molar-refractivity contribution < 1.29 is 31.1 Å². The first-order chi connectivity index (χ1) is 12.6. The van der Waals surface area contributed by atoms with Crippen LogP contribution in [0, 0.1) is 0 Å². The van der Waals surface area contributed by atoms with Crippen LogP contribution in [-0.4, -0.2) is 33.2 Å². The van der Waals surface area contributed by atoms with Crippen LogP contribution >= 0.6 is 0 Å². The SMILES string of the molecule is CS(=O)(=O)N1C[C@@H](C(=O)Nc2ccccc2C(F)(F)F)Oc2ccccc21. The fourth-order valence-corrected chi connectivity index (χ4v) is 3.62. The van der Waals surface area contributed by atoms with Crippen molar-refractivity contribution in [3.63, 3.8) is 0 Å². The molecule has 2 aromatic rings. The molecule has 1 amide bonds. The average molecular weight is 400 g/mol. The minimum atomic E-state index is -4.65. The highest BCUT2D eigenvalue weighted by molar-refractivity contribution is 7.92. The van der Waals surface area contributed by atoms with Gasteiger partial charge in [-0.15, -0.1) is 0 Å². The highest BCUT2D eigenvalue weighted by atomic mass is 32.2. The molecule has 0 radical (unpaired) electrons. The van der Waals surface area contributed by atoms with Gasteiger partial charge in [0.05, 0.1) is 29.7 Å². The third-order valence-corrected chi connectivity index (χ3v) is 5.06. The lowest BCUT2D eigenvalue weighted by molar-refractivity contribution is -0.137. The van der Waals surface area contributed by atoms with Crippen molar-refractivity contribution in [2.75, 3.05) is 22.4 Å². The third-order valence-electron chi connectivity index (χ3n) is 3.92. The standard InChI is InChI=1S/C17H15F3N2O4S/c1-27(24,25)22-10-15(26-14-9-5-4-8-13(14)22)16(23)21-12-7-3-2-6-11(12)17(18,19)20/h2-9,15H,10H2,1H3,(H,21,23)/t15-/m0/s1. The first-order valence-electron chi connectivity index (χ1n) is 7.78. The molecule has 0 fully saturated rings. The van der Waals surface area contributed by atoms with Crippen LogP contribution in [0.15, 0.2) is 48.5 Å². The van der Waals surface area contributed by atoms with Gasteiger partial charge in [-0.3, -0.25) is 9.10 Å². The average Bonchev–Trinajstić information content (AvgIpc) is 2.59. The van der Waals surface area contributed by atoms with Gasteiger partial charge in [0.25, 0.3) is 5.91 Å². The molecule has 1 atom stereocenters. The number of sulfonamides is 1. The summed E-state index contributed by atoms with van der Waals surface area (Å²) in [6, 6.07) is 10.7. The Balaban J connectivity index is 1.89. The lowest BCUT2D eigenvalue weighted by atomic mass is 10.1. The Hall–Kier alpha value is -2.75. The van der Waals surface area contributed by atoms with Crippen molar-refractivity contribution >= 4 is 27.3 Å². The van der Waals surface area contributed by atoms with Crippen molar-refractivity contribution in [1.29, 1.82) is 0 Å². The fourth-order valence-electron chi connectivity index (χ4n) is 2.71. The summed E-state index contributed by atoms with van der Waals surface area (Å²) in [5.74, 6) is -0.728. The number of carbonyl (C=O) groups excluding carboxylic acids is 1. The second kappa shape index (κ2) is 6.76. The summed E-state index contributed by atoms with van der Waals surface area (Å²) in [7, 11) is -3.72. The van der Waals surface area contributed by atoms with Gasteiger partial charge in [0.1, 0.15) is 5.75 Å². The van der Waals surface area contributed by atoms with E-state index >= 15 is 0 Å². The molecule has 1 aliphatic heterocycles. The van der Waals surface area contributed by atoms with E-state index in [0.29, 0.717) is 0 Å². The third kappa shape index (κ3) is 4.00. The number of para-hydroxylation sites is 3. The number of hydrogen-bond acceptors (Lipinski definition) is 4. The van der Waals surface area contributed by atoms with Gasteiger partial charge in [-0.2, -0.15) is 13.2 Å². The van der Waals surface area contributed by atoms with E-state index in [1.54, 1.807) is 12.1 Å². The van der Waals surface area contributed by atoms with E-state index in [0.717, 1.165) is 22.7 Å². The molecule has 1 N–H and O–H groups in total. The minimum Gasteiger partial charge on any atom is -0.476 e. The number of amides is 1.